The summed E-state index contributed by atoms with van der Waals surface area (Å²) >= 11 is 12.2. The number of carbonyl (C=O) groups is 2. The fourth-order valence-electron chi connectivity index (χ4n) is 4.05. The summed E-state index contributed by atoms with van der Waals surface area (Å²) in [4.78, 5) is 25.9. The standard InChI is InChI=1S/C25H20Cl2F2N2O3/c1-25(2,34)11-12-5-18-21(22(31-24(18)33)17-10-15(28)3-4-19(17)27)20(6-12)30-23(32)13-7-14(26)9-16(29)8-13/h3-10,22,34H,11H2,1-2H3,(H,30,32)(H,31,33)/t22-/m0/s1. The Bertz CT molecular complexity index is 1300. The van der Waals surface area contributed by atoms with Crippen LogP contribution in [0.4, 0.5) is 14.5 Å². The SMILES string of the molecule is CC(C)(O)Cc1cc(NC(=O)c2cc(F)cc(Cl)c2)c2c(c1)C(=O)N[C@H]2c1cc(F)ccc1Cl. The number of nitrogens with one attached hydrogen (secondary N) is 2. The predicted octanol–water partition coefficient (Wildman–Crippen LogP) is 5.67. The van der Waals surface area contributed by atoms with E-state index < -0.39 is 35.1 Å². The molecule has 0 unspecified atom stereocenters. The number of carbonyl (C=O) groups excluding carboxylic acids is 2. The van der Waals surface area contributed by atoms with Gasteiger partial charge in [-0.3, -0.25) is 9.59 Å². The highest BCUT2D eigenvalue weighted by Gasteiger charge is 2.35. The molecule has 4 rings (SSSR count). The Balaban J connectivity index is 1.85. The van der Waals surface area contributed by atoms with Crippen molar-refractivity contribution in [2.24, 2.45) is 0 Å². The maximum atomic E-state index is 14.0. The Labute approximate surface area is 204 Å². The lowest BCUT2D eigenvalue weighted by Crippen LogP contribution is -2.22. The molecule has 0 saturated heterocycles. The molecule has 1 aliphatic rings. The van der Waals surface area contributed by atoms with Crippen LogP contribution in [0.2, 0.25) is 10.0 Å². The second kappa shape index (κ2) is 8.98. The van der Waals surface area contributed by atoms with Gasteiger partial charge in [0.15, 0.2) is 0 Å². The van der Waals surface area contributed by atoms with Gasteiger partial charge in [-0.1, -0.05) is 23.2 Å². The average Bonchev–Trinajstić information content (AvgIpc) is 3.04. The smallest absolute Gasteiger partial charge is 0.255 e. The zero-order valence-corrected chi connectivity index (χ0v) is 19.7. The number of hydrogen-bond donors (Lipinski definition) is 3. The van der Waals surface area contributed by atoms with E-state index in [4.69, 9.17) is 23.2 Å². The molecule has 0 saturated carbocycles. The summed E-state index contributed by atoms with van der Waals surface area (Å²) in [6.45, 7) is 3.23. The molecule has 0 bridgehead atoms. The van der Waals surface area contributed by atoms with Crippen LogP contribution in [0.3, 0.4) is 0 Å². The summed E-state index contributed by atoms with van der Waals surface area (Å²) in [6.07, 6.45) is 0.188. The van der Waals surface area contributed by atoms with Crippen LogP contribution in [0.1, 0.15) is 57.3 Å². The molecule has 1 aliphatic heterocycles. The summed E-state index contributed by atoms with van der Waals surface area (Å²) in [6, 6.07) is 9.61. The van der Waals surface area contributed by atoms with Crippen molar-refractivity contribution in [2.45, 2.75) is 31.9 Å². The zero-order valence-electron chi connectivity index (χ0n) is 18.2. The molecule has 0 spiro atoms. The van der Waals surface area contributed by atoms with Crippen LogP contribution < -0.4 is 10.6 Å². The van der Waals surface area contributed by atoms with Gasteiger partial charge in [0, 0.05) is 44.4 Å². The number of halogens is 4. The summed E-state index contributed by atoms with van der Waals surface area (Å²) in [7, 11) is 0. The summed E-state index contributed by atoms with van der Waals surface area (Å²) in [5.41, 5.74) is 0.655. The summed E-state index contributed by atoms with van der Waals surface area (Å²) in [5, 5.41) is 16.1. The third-order valence-corrected chi connectivity index (χ3v) is 5.89. The highest BCUT2D eigenvalue weighted by atomic mass is 35.5. The molecule has 0 aromatic heterocycles. The van der Waals surface area contributed by atoms with Crippen LogP contribution in [0.15, 0.2) is 48.5 Å². The number of benzene rings is 3. The van der Waals surface area contributed by atoms with Crippen molar-refractivity contribution < 1.29 is 23.5 Å². The number of fused-ring (bicyclic) bond motifs is 1. The molecule has 5 nitrogen and oxygen atoms in total. The minimum atomic E-state index is -1.09. The lowest BCUT2D eigenvalue weighted by Gasteiger charge is -2.21. The Morgan fingerprint density at radius 2 is 1.82 bits per heavy atom. The van der Waals surface area contributed by atoms with E-state index in [2.05, 4.69) is 10.6 Å². The van der Waals surface area contributed by atoms with Gasteiger partial charge in [-0.2, -0.15) is 0 Å². The molecule has 0 fully saturated rings. The summed E-state index contributed by atoms with van der Waals surface area (Å²) < 4.78 is 27.8. The van der Waals surface area contributed by atoms with E-state index in [-0.39, 0.29) is 33.3 Å². The van der Waals surface area contributed by atoms with Crippen molar-refractivity contribution in [1.82, 2.24) is 5.32 Å². The van der Waals surface area contributed by atoms with Crippen molar-refractivity contribution >= 4 is 40.7 Å². The van der Waals surface area contributed by atoms with Gasteiger partial charge in [0.25, 0.3) is 11.8 Å². The highest BCUT2D eigenvalue weighted by Crippen LogP contribution is 2.40. The van der Waals surface area contributed by atoms with Crippen LogP contribution in [0.25, 0.3) is 0 Å². The minimum Gasteiger partial charge on any atom is -0.390 e. The summed E-state index contributed by atoms with van der Waals surface area (Å²) in [5.74, 6) is -2.32. The van der Waals surface area contributed by atoms with Crippen LogP contribution in [0.5, 0.6) is 0 Å². The van der Waals surface area contributed by atoms with Crippen LogP contribution in [-0.4, -0.2) is 22.5 Å². The van der Waals surface area contributed by atoms with E-state index >= 15 is 0 Å². The van der Waals surface area contributed by atoms with Crippen LogP contribution >= 0.6 is 23.2 Å². The molecular formula is C25H20Cl2F2N2O3. The van der Waals surface area contributed by atoms with Crippen LogP contribution in [0, 0.1) is 11.6 Å². The predicted molar refractivity (Wildman–Crippen MR) is 127 cm³/mol. The molecule has 1 atom stereocenters. The van der Waals surface area contributed by atoms with Gasteiger partial charge in [-0.05, 0) is 67.9 Å². The van der Waals surface area contributed by atoms with Gasteiger partial charge >= 0.3 is 0 Å². The average molecular weight is 505 g/mol. The fourth-order valence-corrected chi connectivity index (χ4v) is 4.49. The third kappa shape index (κ3) is 5.06. The van der Waals surface area contributed by atoms with Crippen molar-refractivity contribution in [1.29, 1.82) is 0 Å². The van der Waals surface area contributed by atoms with Crippen molar-refractivity contribution in [3.05, 3.63) is 98.0 Å². The largest absolute Gasteiger partial charge is 0.390 e. The molecular weight excluding hydrogens is 485 g/mol. The quantitative estimate of drug-likeness (QED) is 0.418. The molecule has 3 aromatic carbocycles. The molecule has 2 amide bonds. The normalized spacial score (nSPS) is 15.1. The second-order valence-electron chi connectivity index (χ2n) is 8.78. The molecule has 3 N–H and O–H groups in total. The zero-order chi connectivity index (χ0) is 24.8. The third-order valence-electron chi connectivity index (χ3n) is 5.33. The Morgan fingerprint density at radius 1 is 1.09 bits per heavy atom. The maximum Gasteiger partial charge on any atom is 0.255 e. The van der Waals surface area contributed by atoms with E-state index in [0.717, 1.165) is 12.1 Å². The van der Waals surface area contributed by atoms with Gasteiger partial charge < -0.3 is 15.7 Å². The van der Waals surface area contributed by atoms with E-state index in [1.54, 1.807) is 26.0 Å². The van der Waals surface area contributed by atoms with E-state index in [1.807, 2.05) is 0 Å². The molecule has 0 radical (unpaired) electrons. The van der Waals surface area contributed by atoms with Gasteiger partial charge in [-0.25, -0.2) is 8.78 Å². The number of aliphatic hydroxyl groups is 1. The number of anilines is 1. The Hall–Kier alpha value is -3.00. The molecule has 0 aliphatic carbocycles. The van der Waals surface area contributed by atoms with E-state index in [0.29, 0.717) is 16.7 Å². The molecule has 1 heterocycles. The fraction of sp³-hybridized carbons (Fsp3) is 0.200. The monoisotopic (exact) mass is 504 g/mol. The van der Waals surface area contributed by atoms with Crippen LogP contribution in [-0.2, 0) is 6.42 Å². The van der Waals surface area contributed by atoms with Gasteiger partial charge in [0.05, 0.1) is 11.6 Å². The van der Waals surface area contributed by atoms with Gasteiger partial charge in [-0.15, -0.1) is 0 Å². The van der Waals surface area contributed by atoms with E-state index in [9.17, 15) is 23.5 Å². The van der Waals surface area contributed by atoms with Gasteiger partial charge in [0.1, 0.15) is 11.6 Å². The first-order valence-corrected chi connectivity index (χ1v) is 11.1. The molecule has 176 valence electrons. The first kappa shape index (κ1) is 24.1. The second-order valence-corrected chi connectivity index (χ2v) is 9.62. The maximum absolute atomic E-state index is 14.0. The molecule has 9 heteroatoms. The lowest BCUT2D eigenvalue weighted by atomic mass is 9.91. The first-order chi connectivity index (χ1) is 15.9. The first-order valence-electron chi connectivity index (χ1n) is 10.3. The number of hydrogen-bond acceptors (Lipinski definition) is 3. The van der Waals surface area contributed by atoms with E-state index in [1.165, 1.54) is 24.3 Å². The topological polar surface area (TPSA) is 78.4 Å². The Morgan fingerprint density at radius 3 is 2.50 bits per heavy atom. The lowest BCUT2D eigenvalue weighted by molar-refractivity contribution is 0.0808. The highest BCUT2D eigenvalue weighted by molar-refractivity contribution is 6.31. The number of amides is 2. The van der Waals surface area contributed by atoms with Crippen molar-refractivity contribution in [3.8, 4) is 0 Å². The molecule has 34 heavy (non-hydrogen) atoms. The van der Waals surface area contributed by atoms with Crippen molar-refractivity contribution in [2.75, 3.05) is 5.32 Å². The number of rotatable bonds is 5. The Kier molecular flexibility index (Phi) is 6.38. The van der Waals surface area contributed by atoms with Crippen molar-refractivity contribution in [3.63, 3.8) is 0 Å². The minimum absolute atomic E-state index is 0.0238. The van der Waals surface area contributed by atoms with Gasteiger partial charge in [0.2, 0.25) is 0 Å². The molecule has 3 aromatic rings.